The number of halogens is 1. The van der Waals surface area contributed by atoms with E-state index in [9.17, 15) is 4.79 Å². The van der Waals surface area contributed by atoms with Gasteiger partial charge in [-0.3, -0.25) is 4.79 Å². The van der Waals surface area contributed by atoms with Gasteiger partial charge in [-0.05, 0) is 26.8 Å². The number of guanidine groups is 1. The summed E-state index contributed by atoms with van der Waals surface area (Å²) >= 11 is 3.52. The van der Waals surface area contributed by atoms with Crippen LogP contribution in [-0.2, 0) is 5.54 Å². The van der Waals surface area contributed by atoms with Crippen molar-refractivity contribution in [3.8, 4) is 0 Å². The Kier molecular flexibility index (Phi) is 3.81. The summed E-state index contributed by atoms with van der Waals surface area (Å²) < 4.78 is 2.89. The molecule has 1 aliphatic carbocycles. The standard InChI is InChI=1S/C19H22BrN7O/c1-19(2,3)27-16-12(7-21-27)17(28)25-15(24-16)10-8-26(9-10)18-22-13-5-4-11(20)6-14(13)23-18/h4-7,10,13-14H,8-9H2,1-3H3,(H,22,23)(H,24,25,28). The van der Waals surface area contributed by atoms with Crippen LogP contribution in [0, 0.1) is 0 Å². The first kappa shape index (κ1) is 17.7. The summed E-state index contributed by atoms with van der Waals surface area (Å²) in [4.78, 5) is 27.2. The summed E-state index contributed by atoms with van der Waals surface area (Å²) in [7, 11) is 0. The lowest BCUT2D eigenvalue weighted by molar-refractivity contribution is 0.238. The van der Waals surface area contributed by atoms with Crippen molar-refractivity contribution in [3.05, 3.63) is 45.1 Å². The highest BCUT2D eigenvalue weighted by atomic mass is 79.9. The zero-order valence-electron chi connectivity index (χ0n) is 16.0. The van der Waals surface area contributed by atoms with Crippen LogP contribution in [0.25, 0.3) is 11.0 Å². The van der Waals surface area contributed by atoms with E-state index in [1.807, 2.05) is 10.8 Å². The molecule has 2 atom stereocenters. The van der Waals surface area contributed by atoms with Gasteiger partial charge in [-0.1, -0.05) is 28.1 Å². The maximum absolute atomic E-state index is 12.5. The Morgan fingerprint density at radius 1 is 1.29 bits per heavy atom. The number of rotatable bonds is 1. The van der Waals surface area contributed by atoms with Crippen LogP contribution in [-0.4, -0.2) is 55.8 Å². The number of H-pyrrole nitrogens is 1. The third-order valence-corrected chi connectivity index (χ3v) is 5.91. The Balaban J connectivity index is 1.36. The summed E-state index contributed by atoms with van der Waals surface area (Å²) in [5.74, 6) is 1.81. The predicted molar refractivity (Wildman–Crippen MR) is 112 cm³/mol. The zero-order valence-corrected chi connectivity index (χ0v) is 17.6. The van der Waals surface area contributed by atoms with Gasteiger partial charge in [-0.25, -0.2) is 14.7 Å². The SMILES string of the molecule is CC(C)(C)n1ncc2c(=O)[nH]c(C3CN(C4=NC5C=CC(Br)=CC5N4)C3)nc21. The van der Waals surface area contributed by atoms with Crippen molar-refractivity contribution in [2.45, 2.75) is 44.3 Å². The molecular weight excluding hydrogens is 422 g/mol. The average Bonchev–Trinajstić information content (AvgIpc) is 3.16. The largest absolute Gasteiger partial charge is 0.347 e. The van der Waals surface area contributed by atoms with Crippen molar-refractivity contribution >= 4 is 32.9 Å². The molecule has 1 fully saturated rings. The van der Waals surface area contributed by atoms with E-state index >= 15 is 0 Å². The molecule has 0 aromatic carbocycles. The molecule has 0 bridgehead atoms. The number of hydrogen-bond donors (Lipinski definition) is 2. The van der Waals surface area contributed by atoms with Crippen LogP contribution in [0.2, 0.25) is 0 Å². The van der Waals surface area contributed by atoms with E-state index in [2.05, 4.69) is 69.2 Å². The molecule has 146 valence electrons. The van der Waals surface area contributed by atoms with E-state index < -0.39 is 0 Å². The monoisotopic (exact) mass is 443 g/mol. The Morgan fingerprint density at radius 2 is 2.07 bits per heavy atom. The second-order valence-electron chi connectivity index (χ2n) is 8.54. The van der Waals surface area contributed by atoms with Crippen molar-refractivity contribution in [2.24, 2.45) is 4.99 Å². The summed E-state index contributed by atoms with van der Waals surface area (Å²) in [5.41, 5.74) is 0.281. The van der Waals surface area contributed by atoms with Crippen LogP contribution in [0.4, 0.5) is 0 Å². The molecule has 5 rings (SSSR count). The molecule has 9 heteroatoms. The molecular formula is C19H22BrN7O. The second kappa shape index (κ2) is 6.04. The number of aromatic amines is 1. The number of nitrogens with zero attached hydrogens (tertiary/aromatic N) is 5. The van der Waals surface area contributed by atoms with Crippen molar-refractivity contribution in [3.63, 3.8) is 0 Å². The zero-order chi connectivity index (χ0) is 19.6. The van der Waals surface area contributed by atoms with Gasteiger partial charge in [-0.2, -0.15) is 5.10 Å². The minimum atomic E-state index is -0.237. The Morgan fingerprint density at radius 3 is 2.82 bits per heavy atom. The molecule has 2 aromatic heterocycles. The van der Waals surface area contributed by atoms with Crippen molar-refractivity contribution in [1.29, 1.82) is 0 Å². The third kappa shape index (κ3) is 2.80. The minimum Gasteiger partial charge on any atom is -0.347 e. The molecule has 2 aliphatic heterocycles. The van der Waals surface area contributed by atoms with Crippen LogP contribution in [0.5, 0.6) is 0 Å². The van der Waals surface area contributed by atoms with Crippen LogP contribution in [0.1, 0.15) is 32.5 Å². The molecule has 2 unspecified atom stereocenters. The van der Waals surface area contributed by atoms with Crippen molar-refractivity contribution < 1.29 is 0 Å². The van der Waals surface area contributed by atoms with Crippen LogP contribution in [0.15, 0.2) is 38.7 Å². The molecule has 4 heterocycles. The number of allylic oxidation sites excluding steroid dienone is 2. The van der Waals surface area contributed by atoms with Crippen LogP contribution < -0.4 is 10.9 Å². The Labute approximate surface area is 170 Å². The smallest absolute Gasteiger partial charge is 0.262 e. The highest BCUT2D eigenvalue weighted by Gasteiger charge is 2.37. The van der Waals surface area contributed by atoms with Gasteiger partial charge >= 0.3 is 0 Å². The first-order valence-electron chi connectivity index (χ1n) is 9.43. The Bertz CT molecular complexity index is 1100. The van der Waals surface area contributed by atoms with Gasteiger partial charge in [0.05, 0.1) is 29.7 Å². The number of aliphatic imine (C=N–C) groups is 1. The lowest BCUT2D eigenvalue weighted by Gasteiger charge is -2.39. The highest BCUT2D eigenvalue weighted by molar-refractivity contribution is 9.11. The Hall–Kier alpha value is -2.42. The molecule has 2 N–H and O–H groups in total. The van der Waals surface area contributed by atoms with E-state index in [0.717, 1.165) is 29.4 Å². The number of aromatic nitrogens is 4. The van der Waals surface area contributed by atoms with Gasteiger partial charge in [0.15, 0.2) is 11.6 Å². The van der Waals surface area contributed by atoms with E-state index in [1.54, 1.807) is 6.20 Å². The summed E-state index contributed by atoms with van der Waals surface area (Å²) in [6, 6.07) is 0.342. The van der Waals surface area contributed by atoms with Gasteiger partial charge < -0.3 is 15.2 Å². The van der Waals surface area contributed by atoms with Gasteiger partial charge in [-0.15, -0.1) is 0 Å². The molecule has 28 heavy (non-hydrogen) atoms. The maximum atomic E-state index is 12.5. The lowest BCUT2D eigenvalue weighted by atomic mass is 9.99. The second-order valence-corrected chi connectivity index (χ2v) is 9.46. The fourth-order valence-electron chi connectivity index (χ4n) is 3.83. The van der Waals surface area contributed by atoms with E-state index in [4.69, 9.17) is 9.98 Å². The molecule has 0 saturated carbocycles. The molecule has 8 nitrogen and oxygen atoms in total. The molecule has 0 spiro atoms. The molecule has 2 aromatic rings. The molecule has 1 saturated heterocycles. The normalized spacial score (nSPS) is 24.6. The van der Waals surface area contributed by atoms with Gasteiger partial charge in [0, 0.05) is 17.6 Å². The predicted octanol–water partition coefficient (Wildman–Crippen LogP) is 1.82. The van der Waals surface area contributed by atoms with E-state index in [0.29, 0.717) is 11.0 Å². The minimum absolute atomic E-state index is 0.128. The van der Waals surface area contributed by atoms with Crippen LogP contribution >= 0.6 is 15.9 Å². The fourth-order valence-corrected chi connectivity index (χ4v) is 4.27. The number of nitrogens with one attached hydrogen (secondary N) is 2. The fraction of sp³-hybridized carbons (Fsp3) is 0.474. The first-order valence-corrected chi connectivity index (χ1v) is 10.2. The number of fused-ring (bicyclic) bond motifs is 2. The van der Waals surface area contributed by atoms with E-state index in [-0.39, 0.29) is 29.1 Å². The highest BCUT2D eigenvalue weighted by Crippen LogP contribution is 2.29. The number of hydrogen-bond acceptors (Lipinski definition) is 6. The third-order valence-electron chi connectivity index (χ3n) is 5.39. The first-order chi connectivity index (χ1) is 13.3. The molecule has 3 aliphatic rings. The van der Waals surface area contributed by atoms with Gasteiger partial charge in [0.1, 0.15) is 11.2 Å². The topological polar surface area (TPSA) is 91.2 Å². The van der Waals surface area contributed by atoms with E-state index in [1.165, 1.54) is 0 Å². The molecule has 0 amide bonds. The average molecular weight is 444 g/mol. The quantitative estimate of drug-likeness (QED) is 0.701. The van der Waals surface area contributed by atoms with Gasteiger partial charge in [0.25, 0.3) is 5.56 Å². The van der Waals surface area contributed by atoms with Crippen molar-refractivity contribution in [1.82, 2.24) is 30.0 Å². The van der Waals surface area contributed by atoms with Gasteiger partial charge in [0.2, 0.25) is 0 Å². The lowest BCUT2D eigenvalue weighted by Crippen LogP contribution is -2.53. The summed E-state index contributed by atoms with van der Waals surface area (Å²) in [5, 5.41) is 8.38. The van der Waals surface area contributed by atoms with Crippen molar-refractivity contribution in [2.75, 3.05) is 13.1 Å². The summed E-state index contributed by atoms with van der Waals surface area (Å²) in [6.45, 7) is 7.71. The van der Waals surface area contributed by atoms with Crippen LogP contribution in [0.3, 0.4) is 0 Å². The molecule has 0 radical (unpaired) electrons. The summed E-state index contributed by atoms with van der Waals surface area (Å²) in [6.07, 6.45) is 7.88. The maximum Gasteiger partial charge on any atom is 0.262 e. The number of likely N-dealkylation sites (tertiary alicyclic amines) is 1.